The Labute approximate surface area is 178 Å². The fourth-order valence-electron chi connectivity index (χ4n) is 2.67. The number of rotatable bonds is 6. The van der Waals surface area contributed by atoms with E-state index in [1.807, 2.05) is 31.2 Å². The number of tetrazole rings is 1. The summed E-state index contributed by atoms with van der Waals surface area (Å²) in [5.74, 6) is -0.228. The van der Waals surface area contributed by atoms with Gasteiger partial charge >= 0.3 is 12.1 Å². The van der Waals surface area contributed by atoms with Crippen molar-refractivity contribution in [1.29, 1.82) is 0 Å². The van der Waals surface area contributed by atoms with Crippen LogP contribution in [0.25, 0.3) is 22.8 Å². The second-order valence-electron chi connectivity index (χ2n) is 6.76. The minimum atomic E-state index is -4.44. The first-order chi connectivity index (χ1) is 15.3. The average molecular weight is 444 g/mol. The van der Waals surface area contributed by atoms with E-state index in [4.69, 9.17) is 9.26 Å². The Morgan fingerprint density at radius 2 is 1.69 bits per heavy atom. The van der Waals surface area contributed by atoms with E-state index in [0.717, 1.165) is 28.1 Å². The normalized spacial score (nSPS) is 11.5. The second-order valence-corrected chi connectivity index (χ2v) is 6.76. The van der Waals surface area contributed by atoms with Crippen LogP contribution in [0.3, 0.4) is 0 Å². The Bertz CT molecular complexity index is 1220. The fraction of sp³-hybridized carbons (Fsp3) is 0.200. The lowest BCUT2D eigenvalue weighted by atomic mass is 10.1. The van der Waals surface area contributed by atoms with Crippen LogP contribution >= 0.6 is 0 Å². The van der Waals surface area contributed by atoms with E-state index in [1.165, 1.54) is 12.1 Å². The number of aryl methyl sites for hydroxylation is 1. The van der Waals surface area contributed by atoms with Crippen molar-refractivity contribution in [2.24, 2.45) is 0 Å². The largest absolute Gasteiger partial charge is 0.454 e. The van der Waals surface area contributed by atoms with Crippen LogP contribution < -0.4 is 0 Å². The molecule has 0 aliphatic heterocycles. The van der Waals surface area contributed by atoms with Gasteiger partial charge in [-0.15, -0.1) is 10.2 Å². The summed E-state index contributed by atoms with van der Waals surface area (Å²) in [6.45, 7) is 1.37. The number of carbonyl (C=O) groups excluding carboxylic acids is 1. The Morgan fingerprint density at radius 1 is 1.03 bits per heavy atom. The summed E-state index contributed by atoms with van der Waals surface area (Å²) < 4.78 is 48.0. The maximum Gasteiger partial charge on any atom is 0.416 e. The van der Waals surface area contributed by atoms with E-state index >= 15 is 0 Å². The highest BCUT2D eigenvalue weighted by atomic mass is 19.4. The zero-order valence-corrected chi connectivity index (χ0v) is 16.6. The van der Waals surface area contributed by atoms with Gasteiger partial charge < -0.3 is 9.26 Å². The average Bonchev–Trinajstić information content (AvgIpc) is 3.42. The molecule has 0 saturated carbocycles. The standard InChI is InChI=1S/C20H15F3N6O3/c1-12-2-4-14(5-3-12)19-25-28-29(26-19)10-17(30)31-11-16-24-18(27-32-16)13-6-8-15(9-7-13)20(21,22)23/h2-9H,10-11H2,1H3. The van der Waals surface area contributed by atoms with Crippen LogP contribution in [-0.4, -0.2) is 36.3 Å². The number of benzene rings is 2. The molecule has 4 aromatic rings. The van der Waals surface area contributed by atoms with Gasteiger partial charge in [-0.05, 0) is 24.3 Å². The first-order valence-corrected chi connectivity index (χ1v) is 9.28. The number of ether oxygens (including phenoxy) is 1. The SMILES string of the molecule is Cc1ccc(-c2nnn(CC(=O)OCc3nc(-c4ccc(C(F)(F)F)cc4)no3)n2)cc1. The van der Waals surface area contributed by atoms with Crippen LogP contribution in [-0.2, 0) is 28.9 Å². The van der Waals surface area contributed by atoms with Gasteiger partial charge in [0, 0.05) is 11.1 Å². The number of esters is 1. The van der Waals surface area contributed by atoms with E-state index < -0.39 is 17.7 Å². The van der Waals surface area contributed by atoms with Crippen LogP contribution in [0.5, 0.6) is 0 Å². The zero-order valence-electron chi connectivity index (χ0n) is 16.6. The van der Waals surface area contributed by atoms with Crippen molar-refractivity contribution in [2.45, 2.75) is 26.3 Å². The number of carbonyl (C=O) groups is 1. The topological polar surface area (TPSA) is 109 Å². The molecular weight excluding hydrogens is 429 g/mol. The molecule has 0 N–H and O–H groups in total. The molecule has 164 valence electrons. The van der Waals surface area contributed by atoms with E-state index in [-0.39, 0.29) is 24.9 Å². The number of nitrogens with zero attached hydrogens (tertiary/aromatic N) is 6. The third kappa shape index (κ3) is 4.96. The van der Waals surface area contributed by atoms with Gasteiger partial charge in [0.15, 0.2) is 13.2 Å². The lowest BCUT2D eigenvalue weighted by Gasteiger charge is -2.05. The lowest BCUT2D eigenvalue weighted by molar-refractivity contribution is -0.147. The summed E-state index contributed by atoms with van der Waals surface area (Å²) in [7, 11) is 0. The molecule has 9 nitrogen and oxygen atoms in total. The molecule has 0 aliphatic carbocycles. The number of halogens is 3. The number of hydrogen-bond donors (Lipinski definition) is 0. The summed E-state index contributed by atoms with van der Waals surface area (Å²) in [5.41, 5.74) is 1.39. The Kier molecular flexibility index (Phi) is 5.67. The fourth-order valence-corrected chi connectivity index (χ4v) is 2.67. The molecule has 2 aromatic carbocycles. The van der Waals surface area contributed by atoms with E-state index in [9.17, 15) is 18.0 Å². The van der Waals surface area contributed by atoms with Crippen LogP contribution in [0, 0.1) is 6.92 Å². The van der Waals surface area contributed by atoms with Gasteiger partial charge in [0.05, 0.1) is 5.56 Å². The number of aromatic nitrogens is 6. The number of alkyl halides is 3. The van der Waals surface area contributed by atoms with E-state index in [1.54, 1.807) is 0 Å². The molecule has 2 heterocycles. The molecule has 0 atom stereocenters. The van der Waals surface area contributed by atoms with Crippen LogP contribution in [0.1, 0.15) is 17.0 Å². The van der Waals surface area contributed by atoms with Gasteiger partial charge in [0.25, 0.3) is 5.89 Å². The van der Waals surface area contributed by atoms with Crippen molar-refractivity contribution in [3.8, 4) is 22.8 Å². The maximum atomic E-state index is 12.6. The molecule has 12 heteroatoms. The van der Waals surface area contributed by atoms with Crippen LogP contribution in [0.15, 0.2) is 53.1 Å². The predicted octanol–water partition coefficient (Wildman–Crippen LogP) is 3.46. The van der Waals surface area contributed by atoms with Gasteiger partial charge in [-0.1, -0.05) is 47.1 Å². The molecule has 0 unspecified atom stereocenters. The highest BCUT2D eigenvalue weighted by Gasteiger charge is 2.30. The van der Waals surface area contributed by atoms with Gasteiger partial charge in [0.1, 0.15) is 0 Å². The van der Waals surface area contributed by atoms with Crippen molar-refractivity contribution < 1.29 is 27.2 Å². The van der Waals surface area contributed by atoms with Gasteiger partial charge in [-0.2, -0.15) is 23.0 Å². The first kappa shape index (κ1) is 21.2. The molecule has 0 aliphatic rings. The van der Waals surface area contributed by atoms with Crippen LogP contribution in [0.2, 0.25) is 0 Å². The van der Waals surface area contributed by atoms with Crippen molar-refractivity contribution in [2.75, 3.05) is 0 Å². The van der Waals surface area contributed by atoms with Gasteiger partial charge in [-0.25, -0.2) is 4.79 Å². The molecule has 0 amide bonds. The first-order valence-electron chi connectivity index (χ1n) is 9.28. The third-order valence-corrected chi connectivity index (χ3v) is 4.33. The van der Waals surface area contributed by atoms with Crippen molar-refractivity contribution >= 4 is 5.97 Å². The quantitative estimate of drug-likeness (QED) is 0.416. The maximum absolute atomic E-state index is 12.6. The minimum absolute atomic E-state index is 0.0138. The van der Waals surface area contributed by atoms with Crippen LogP contribution in [0.4, 0.5) is 13.2 Å². The summed E-state index contributed by atoms with van der Waals surface area (Å²) >= 11 is 0. The van der Waals surface area contributed by atoms with E-state index in [0.29, 0.717) is 11.4 Å². The molecule has 32 heavy (non-hydrogen) atoms. The predicted molar refractivity (Wildman–Crippen MR) is 103 cm³/mol. The summed E-state index contributed by atoms with van der Waals surface area (Å²) in [5, 5.41) is 15.5. The van der Waals surface area contributed by atoms with Gasteiger partial charge in [-0.3, -0.25) is 0 Å². The second kappa shape index (κ2) is 8.57. The van der Waals surface area contributed by atoms with Crippen molar-refractivity contribution in [1.82, 2.24) is 30.3 Å². The molecule has 4 rings (SSSR count). The lowest BCUT2D eigenvalue weighted by Crippen LogP contribution is -2.15. The Balaban J connectivity index is 1.32. The monoisotopic (exact) mass is 444 g/mol. The molecule has 0 bridgehead atoms. The Hall–Kier alpha value is -4.09. The van der Waals surface area contributed by atoms with Crippen molar-refractivity contribution in [3.05, 3.63) is 65.5 Å². The molecular formula is C20H15F3N6O3. The highest BCUT2D eigenvalue weighted by Crippen LogP contribution is 2.30. The summed E-state index contributed by atoms with van der Waals surface area (Å²) in [6.07, 6.45) is -4.44. The number of hydrogen-bond acceptors (Lipinski definition) is 8. The van der Waals surface area contributed by atoms with Crippen molar-refractivity contribution in [3.63, 3.8) is 0 Å². The minimum Gasteiger partial charge on any atom is -0.454 e. The zero-order chi connectivity index (χ0) is 22.7. The highest BCUT2D eigenvalue weighted by molar-refractivity contribution is 5.69. The smallest absolute Gasteiger partial charge is 0.416 e. The molecule has 0 saturated heterocycles. The molecule has 2 aromatic heterocycles. The molecule has 0 fully saturated rings. The summed E-state index contributed by atoms with van der Waals surface area (Å²) in [4.78, 5) is 17.1. The van der Waals surface area contributed by atoms with Gasteiger partial charge in [0.2, 0.25) is 11.6 Å². The summed E-state index contributed by atoms with van der Waals surface area (Å²) in [6, 6.07) is 11.8. The Morgan fingerprint density at radius 3 is 2.38 bits per heavy atom. The van der Waals surface area contributed by atoms with E-state index in [2.05, 4.69) is 25.6 Å². The molecule has 0 radical (unpaired) electrons. The third-order valence-electron chi connectivity index (χ3n) is 4.33. The molecule has 0 spiro atoms.